The minimum absolute atomic E-state index is 0.132. The number of carbonyl (C=O) groups excluding carboxylic acids is 2. The summed E-state index contributed by atoms with van der Waals surface area (Å²) >= 11 is 0. The molecule has 0 aromatic heterocycles. The fourth-order valence-electron chi connectivity index (χ4n) is 3.10. The molecule has 1 aliphatic rings. The van der Waals surface area contributed by atoms with Gasteiger partial charge in [-0.1, -0.05) is 19.1 Å². The molecule has 1 N–H and O–H groups in total. The maximum Gasteiger partial charge on any atom is 0.268 e. The predicted octanol–water partition coefficient (Wildman–Crippen LogP) is 3.24. The van der Waals surface area contributed by atoms with Gasteiger partial charge < -0.3 is 24.4 Å². The van der Waals surface area contributed by atoms with Crippen LogP contribution >= 0.6 is 0 Å². The average molecular weight is 384 g/mol. The van der Waals surface area contributed by atoms with Crippen LogP contribution in [0, 0.1) is 0 Å². The van der Waals surface area contributed by atoms with E-state index in [0.717, 1.165) is 0 Å². The van der Waals surface area contributed by atoms with Crippen LogP contribution in [0.1, 0.15) is 19.8 Å². The molecule has 7 heteroatoms. The van der Waals surface area contributed by atoms with Crippen LogP contribution in [-0.4, -0.2) is 38.7 Å². The van der Waals surface area contributed by atoms with Crippen molar-refractivity contribution in [2.45, 2.75) is 25.9 Å². The second-order valence-corrected chi connectivity index (χ2v) is 6.34. The lowest BCUT2D eigenvalue weighted by atomic mass is 10.1. The Hall–Kier alpha value is -3.22. The molecule has 7 nitrogen and oxygen atoms in total. The Morgan fingerprint density at radius 1 is 1.18 bits per heavy atom. The molecule has 0 bridgehead atoms. The molecular weight excluding hydrogens is 360 g/mol. The molecule has 1 atom stereocenters. The molecule has 1 unspecified atom stereocenters. The van der Waals surface area contributed by atoms with Crippen LogP contribution in [0.3, 0.4) is 0 Å². The monoisotopic (exact) mass is 384 g/mol. The number of fused-ring (bicyclic) bond motifs is 1. The van der Waals surface area contributed by atoms with Gasteiger partial charge in [-0.2, -0.15) is 0 Å². The highest BCUT2D eigenvalue weighted by molar-refractivity contribution is 6.01. The second kappa shape index (κ2) is 8.65. The summed E-state index contributed by atoms with van der Waals surface area (Å²) in [7, 11) is 3.09. The Labute approximate surface area is 164 Å². The maximum absolute atomic E-state index is 12.7. The number of anilines is 2. The number of amides is 2. The molecule has 3 rings (SSSR count). The van der Waals surface area contributed by atoms with Crippen LogP contribution in [-0.2, 0) is 9.59 Å². The van der Waals surface area contributed by atoms with Gasteiger partial charge in [0, 0.05) is 19.0 Å². The number of methoxy groups -OCH3 is 2. The van der Waals surface area contributed by atoms with Crippen LogP contribution < -0.4 is 24.4 Å². The number of benzene rings is 2. The third kappa shape index (κ3) is 4.03. The Balaban J connectivity index is 1.71. The van der Waals surface area contributed by atoms with Crippen LogP contribution in [0.2, 0.25) is 0 Å². The standard InChI is InChI=1S/C21H24N2O5/c1-4-17-21(25)23(16-7-5-6-8-19(16)28-17)12-11-20(24)22-15-13-14(26-2)9-10-18(15)27-3/h5-10,13,17H,4,11-12H2,1-3H3,(H,22,24). The van der Waals surface area contributed by atoms with Gasteiger partial charge >= 0.3 is 0 Å². The highest BCUT2D eigenvalue weighted by Crippen LogP contribution is 2.34. The van der Waals surface area contributed by atoms with Crippen LogP contribution in [0.25, 0.3) is 0 Å². The summed E-state index contributed by atoms with van der Waals surface area (Å²) in [5.41, 5.74) is 1.20. The Morgan fingerprint density at radius 2 is 1.96 bits per heavy atom. The smallest absolute Gasteiger partial charge is 0.268 e. The number of hydrogen-bond acceptors (Lipinski definition) is 5. The van der Waals surface area contributed by atoms with E-state index in [2.05, 4.69) is 5.32 Å². The number of ether oxygens (including phenoxy) is 3. The third-order valence-corrected chi connectivity index (χ3v) is 4.58. The largest absolute Gasteiger partial charge is 0.497 e. The summed E-state index contributed by atoms with van der Waals surface area (Å²) in [5.74, 6) is 1.44. The van der Waals surface area contributed by atoms with Gasteiger partial charge in [-0.05, 0) is 30.7 Å². The molecule has 1 heterocycles. The van der Waals surface area contributed by atoms with E-state index in [4.69, 9.17) is 14.2 Å². The Morgan fingerprint density at radius 3 is 2.68 bits per heavy atom. The van der Waals surface area contributed by atoms with Crippen molar-refractivity contribution in [2.75, 3.05) is 31.0 Å². The molecule has 1 aliphatic heterocycles. The number of nitrogens with zero attached hydrogens (tertiary/aromatic N) is 1. The SMILES string of the molecule is CCC1Oc2ccccc2N(CCC(=O)Nc2cc(OC)ccc2OC)C1=O. The zero-order valence-electron chi connectivity index (χ0n) is 16.2. The van der Waals surface area contributed by atoms with Crippen LogP contribution in [0.15, 0.2) is 42.5 Å². The molecule has 2 amide bonds. The van der Waals surface area contributed by atoms with Gasteiger partial charge in [0.15, 0.2) is 6.10 Å². The molecule has 0 radical (unpaired) electrons. The molecule has 0 fully saturated rings. The minimum atomic E-state index is -0.531. The van der Waals surface area contributed by atoms with Crippen molar-refractivity contribution >= 4 is 23.2 Å². The minimum Gasteiger partial charge on any atom is -0.497 e. The number of carbonyl (C=O) groups is 2. The Kier molecular flexibility index (Phi) is 6.03. The van der Waals surface area contributed by atoms with Gasteiger partial charge in [0.05, 0.1) is 25.6 Å². The zero-order chi connectivity index (χ0) is 20.1. The van der Waals surface area contributed by atoms with Crippen molar-refractivity contribution in [3.63, 3.8) is 0 Å². The van der Waals surface area contributed by atoms with Gasteiger partial charge in [-0.25, -0.2) is 0 Å². The van der Waals surface area contributed by atoms with E-state index in [1.807, 2.05) is 31.2 Å². The lowest BCUT2D eigenvalue weighted by Gasteiger charge is -2.33. The topological polar surface area (TPSA) is 77.1 Å². The molecule has 148 valence electrons. The molecule has 0 saturated carbocycles. The van der Waals surface area contributed by atoms with E-state index in [9.17, 15) is 9.59 Å². The van der Waals surface area contributed by atoms with E-state index in [1.54, 1.807) is 30.2 Å². The number of nitrogens with one attached hydrogen (secondary N) is 1. The summed E-state index contributed by atoms with van der Waals surface area (Å²) in [4.78, 5) is 26.8. The Bertz CT molecular complexity index is 868. The predicted molar refractivity (Wildman–Crippen MR) is 106 cm³/mol. The molecule has 0 saturated heterocycles. The lowest BCUT2D eigenvalue weighted by molar-refractivity contribution is -0.126. The first-order valence-corrected chi connectivity index (χ1v) is 9.16. The van der Waals surface area contributed by atoms with E-state index < -0.39 is 6.10 Å². The highest BCUT2D eigenvalue weighted by Gasteiger charge is 2.33. The maximum atomic E-state index is 12.7. The molecule has 0 spiro atoms. The fraction of sp³-hybridized carbons (Fsp3) is 0.333. The molecule has 2 aromatic carbocycles. The van der Waals surface area contributed by atoms with Gasteiger partial charge in [0.2, 0.25) is 5.91 Å². The average Bonchev–Trinajstić information content (AvgIpc) is 2.72. The zero-order valence-corrected chi connectivity index (χ0v) is 16.2. The summed E-state index contributed by atoms with van der Waals surface area (Å²) in [6.07, 6.45) is 0.171. The van der Waals surface area contributed by atoms with Gasteiger partial charge in [0.1, 0.15) is 17.2 Å². The summed E-state index contributed by atoms with van der Waals surface area (Å²) in [6, 6.07) is 12.5. The van der Waals surface area contributed by atoms with E-state index in [1.165, 1.54) is 7.11 Å². The van der Waals surface area contributed by atoms with E-state index in [0.29, 0.717) is 35.0 Å². The third-order valence-electron chi connectivity index (χ3n) is 4.58. The quantitative estimate of drug-likeness (QED) is 0.793. The van der Waals surface area contributed by atoms with Crippen LogP contribution in [0.5, 0.6) is 17.2 Å². The first-order valence-electron chi connectivity index (χ1n) is 9.16. The normalized spacial score (nSPS) is 15.5. The van der Waals surface area contributed by atoms with Crippen LogP contribution in [0.4, 0.5) is 11.4 Å². The van der Waals surface area contributed by atoms with Crippen molar-refractivity contribution in [1.29, 1.82) is 0 Å². The first kappa shape index (κ1) is 19.5. The van der Waals surface area contributed by atoms with E-state index >= 15 is 0 Å². The van der Waals surface area contributed by atoms with Gasteiger partial charge in [-0.3, -0.25) is 9.59 Å². The highest BCUT2D eigenvalue weighted by atomic mass is 16.5. The van der Waals surface area contributed by atoms with Crippen molar-refractivity contribution in [1.82, 2.24) is 0 Å². The summed E-state index contributed by atoms with van der Waals surface area (Å²) < 4.78 is 16.2. The molecule has 2 aromatic rings. The number of hydrogen-bond donors (Lipinski definition) is 1. The summed E-state index contributed by atoms with van der Waals surface area (Å²) in [6.45, 7) is 2.16. The number of rotatable bonds is 7. The summed E-state index contributed by atoms with van der Waals surface area (Å²) in [5, 5.41) is 2.83. The molecule has 0 aliphatic carbocycles. The fourth-order valence-corrected chi connectivity index (χ4v) is 3.10. The van der Waals surface area contributed by atoms with Crippen molar-refractivity contribution < 1.29 is 23.8 Å². The lowest BCUT2D eigenvalue weighted by Crippen LogP contribution is -2.46. The van der Waals surface area contributed by atoms with Crippen molar-refractivity contribution in [3.8, 4) is 17.2 Å². The van der Waals surface area contributed by atoms with Crippen molar-refractivity contribution in [2.24, 2.45) is 0 Å². The molecular formula is C21H24N2O5. The number of para-hydroxylation sites is 2. The first-order chi connectivity index (χ1) is 13.6. The van der Waals surface area contributed by atoms with Gasteiger partial charge in [-0.15, -0.1) is 0 Å². The second-order valence-electron chi connectivity index (χ2n) is 6.34. The van der Waals surface area contributed by atoms with Crippen molar-refractivity contribution in [3.05, 3.63) is 42.5 Å². The van der Waals surface area contributed by atoms with Gasteiger partial charge in [0.25, 0.3) is 5.91 Å². The van der Waals surface area contributed by atoms with E-state index in [-0.39, 0.29) is 24.8 Å². The molecule has 28 heavy (non-hydrogen) atoms.